The summed E-state index contributed by atoms with van der Waals surface area (Å²) < 4.78 is 0. The van der Waals surface area contributed by atoms with Crippen molar-refractivity contribution in [3.8, 4) is 0 Å². The highest BCUT2D eigenvalue weighted by molar-refractivity contribution is 6.33. The van der Waals surface area contributed by atoms with Crippen LogP contribution in [0.3, 0.4) is 0 Å². The number of hydrogen-bond donors (Lipinski definition) is 2. The van der Waals surface area contributed by atoms with Crippen LogP contribution in [0, 0.1) is 0 Å². The van der Waals surface area contributed by atoms with Crippen LogP contribution in [-0.2, 0) is 0 Å². The molecule has 0 aliphatic rings. The van der Waals surface area contributed by atoms with Crippen LogP contribution in [0.15, 0.2) is 12.1 Å². The molecule has 1 heterocycles. The van der Waals surface area contributed by atoms with Crippen molar-refractivity contribution >= 4 is 23.3 Å². The maximum absolute atomic E-state index is 12.2. The second kappa shape index (κ2) is 6.75. The Bertz CT molecular complexity index is 446. The Kier molecular flexibility index (Phi) is 5.60. The first-order valence-electron chi connectivity index (χ1n) is 6.62. The Labute approximate surface area is 120 Å². The van der Waals surface area contributed by atoms with Gasteiger partial charge in [0, 0.05) is 12.1 Å². The molecule has 2 N–H and O–H groups in total. The summed E-state index contributed by atoms with van der Waals surface area (Å²) in [5.74, 6) is 0.425. The summed E-state index contributed by atoms with van der Waals surface area (Å²) >= 11 is 6.05. The fourth-order valence-corrected chi connectivity index (χ4v) is 2.13. The Balaban J connectivity index is 2.89. The van der Waals surface area contributed by atoms with Gasteiger partial charge in [-0.05, 0) is 39.3 Å². The highest BCUT2D eigenvalue weighted by Crippen LogP contribution is 2.18. The fraction of sp³-hybridized carbons (Fsp3) is 0.571. The van der Waals surface area contributed by atoms with Crippen molar-refractivity contribution in [1.29, 1.82) is 0 Å². The predicted molar refractivity (Wildman–Crippen MR) is 79.9 cm³/mol. The van der Waals surface area contributed by atoms with Crippen LogP contribution >= 0.6 is 11.6 Å². The second-order valence-corrected chi connectivity index (χ2v) is 5.55. The molecule has 1 amide bonds. The topological polar surface area (TPSA) is 54.0 Å². The van der Waals surface area contributed by atoms with E-state index in [2.05, 4.69) is 22.5 Å². The van der Waals surface area contributed by atoms with Gasteiger partial charge in [0.25, 0.3) is 5.91 Å². The molecule has 0 aliphatic heterocycles. The van der Waals surface area contributed by atoms with Crippen molar-refractivity contribution in [2.75, 3.05) is 11.9 Å². The minimum atomic E-state index is -0.259. The molecule has 1 rings (SSSR count). The van der Waals surface area contributed by atoms with Gasteiger partial charge in [-0.1, -0.05) is 24.9 Å². The lowest BCUT2D eigenvalue weighted by Gasteiger charge is -2.25. The Morgan fingerprint density at radius 2 is 2.05 bits per heavy atom. The number of hydrogen-bond acceptors (Lipinski definition) is 3. The number of nitrogens with one attached hydrogen (secondary N) is 2. The molecule has 1 aromatic rings. The van der Waals surface area contributed by atoms with E-state index in [9.17, 15) is 4.79 Å². The molecular formula is C14H22ClN3O. The molecule has 19 heavy (non-hydrogen) atoms. The molecular weight excluding hydrogens is 262 g/mol. The number of aromatic nitrogens is 1. The summed E-state index contributed by atoms with van der Waals surface area (Å²) in [5, 5.41) is 6.41. The van der Waals surface area contributed by atoms with E-state index in [1.807, 2.05) is 20.8 Å². The van der Waals surface area contributed by atoms with Crippen molar-refractivity contribution in [2.24, 2.45) is 0 Å². The smallest absolute Gasteiger partial charge is 0.271 e. The van der Waals surface area contributed by atoms with Gasteiger partial charge in [0.2, 0.25) is 0 Å². The average Bonchev–Trinajstić information content (AvgIpc) is 2.31. The zero-order chi connectivity index (χ0) is 14.5. The second-order valence-electron chi connectivity index (χ2n) is 5.15. The third-order valence-electron chi connectivity index (χ3n) is 2.75. The van der Waals surface area contributed by atoms with Gasteiger partial charge in [0.15, 0.2) is 0 Å². The molecule has 0 saturated heterocycles. The molecule has 106 valence electrons. The van der Waals surface area contributed by atoms with Gasteiger partial charge in [0.05, 0.1) is 5.02 Å². The number of halogens is 1. The van der Waals surface area contributed by atoms with Gasteiger partial charge >= 0.3 is 0 Å². The fourth-order valence-electron chi connectivity index (χ4n) is 1.94. The van der Waals surface area contributed by atoms with Crippen molar-refractivity contribution in [3.05, 3.63) is 22.8 Å². The molecule has 1 aromatic heterocycles. The standard InChI is InChI=1S/C14H22ClN3O/c1-5-9-14(3,4)18-13(19)12-10(15)7-8-11(17-12)16-6-2/h7-8H,5-6,9H2,1-4H3,(H,16,17)(H,18,19). The lowest BCUT2D eigenvalue weighted by atomic mass is 9.99. The average molecular weight is 284 g/mol. The van der Waals surface area contributed by atoms with Gasteiger partial charge < -0.3 is 10.6 Å². The van der Waals surface area contributed by atoms with Crippen LogP contribution in [0.5, 0.6) is 0 Å². The summed E-state index contributed by atoms with van der Waals surface area (Å²) in [5.41, 5.74) is 0.00897. The van der Waals surface area contributed by atoms with E-state index < -0.39 is 0 Å². The number of carbonyl (C=O) groups excluding carboxylic acids is 1. The van der Waals surface area contributed by atoms with Crippen LogP contribution in [0.4, 0.5) is 5.82 Å². The molecule has 0 bridgehead atoms. The maximum Gasteiger partial charge on any atom is 0.271 e. The van der Waals surface area contributed by atoms with Gasteiger partial charge in [-0.15, -0.1) is 0 Å². The van der Waals surface area contributed by atoms with E-state index in [1.165, 1.54) is 0 Å². The van der Waals surface area contributed by atoms with Gasteiger partial charge in [-0.2, -0.15) is 0 Å². The van der Waals surface area contributed by atoms with E-state index in [1.54, 1.807) is 12.1 Å². The number of anilines is 1. The highest BCUT2D eigenvalue weighted by Gasteiger charge is 2.22. The van der Waals surface area contributed by atoms with Gasteiger partial charge in [-0.25, -0.2) is 4.98 Å². The van der Waals surface area contributed by atoms with Crippen LogP contribution in [0.2, 0.25) is 5.02 Å². The van der Waals surface area contributed by atoms with E-state index in [-0.39, 0.29) is 17.1 Å². The first kappa shape index (κ1) is 15.8. The summed E-state index contributed by atoms with van der Waals surface area (Å²) in [6.07, 6.45) is 1.91. The van der Waals surface area contributed by atoms with E-state index in [0.717, 1.165) is 19.4 Å². The SMILES string of the molecule is CCCC(C)(C)NC(=O)c1nc(NCC)ccc1Cl. The van der Waals surface area contributed by atoms with E-state index in [4.69, 9.17) is 11.6 Å². The van der Waals surface area contributed by atoms with E-state index >= 15 is 0 Å². The lowest BCUT2D eigenvalue weighted by Crippen LogP contribution is -2.43. The number of amides is 1. The monoisotopic (exact) mass is 283 g/mol. The first-order valence-corrected chi connectivity index (χ1v) is 7.00. The van der Waals surface area contributed by atoms with Crippen molar-refractivity contribution in [2.45, 2.75) is 46.1 Å². The first-order chi connectivity index (χ1) is 8.89. The molecule has 0 aromatic carbocycles. The van der Waals surface area contributed by atoms with Crippen LogP contribution < -0.4 is 10.6 Å². The third-order valence-corrected chi connectivity index (χ3v) is 3.05. The zero-order valence-electron chi connectivity index (χ0n) is 12.0. The summed E-state index contributed by atoms with van der Waals surface area (Å²) in [4.78, 5) is 16.5. The molecule has 0 atom stereocenters. The largest absolute Gasteiger partial charge is 0.370 e. The molecule has 4 nitrogen and oxygen atoms in total. The molecule has 5 heteroatoms. The molecule has 0 radical (unpaired) electrons. The molecule has 0 unspecified atom stereocenters. The summed E-state index contributed by atoms with van der Waals surface area (Å²) in [6.45, 7) is 8.80. The minimum Gasteiger partial charge on any atom is -0.370 e. The van der Waals surface area contributed by atoms with Crippen LogP contribution in [-0.4, -0.2) is 23.0 Å². The quantitative estimate of drug-likeness (QED) is 0.840. The summed E-state index contributed by atoms with van der Waals surface area (Å²) in [6, 6.07) is 3.45. The predicted octanol–water partition coefficient (Wildman–Crippen LogP) is 3.48. The minimum absolute atomic E-state index is 0.233. The summed E-state index contributed by atoms with van der Waals surface area (Å²) in [7, 11) is 0. The number of rotatable bonds is 6. The normalized spacial score (nSPS) is 11.2. The third kappa shape index (κ3) is 4.71. The highest BCUT2D eigenvalue weighted by atomic mass is 35.5. The van der Waals surface area contributed by atoms with E-state index in [0.29, 0.717) is 10.8 Å². The van der Waals surface area contributed by atoms with Crippen molar-refractivity contribution in [1.82, 2.24) is 10.3 Å². The Hall–Kier alpha value is -1.29. The molecule has 0 aliphatic carbocycles. The molecule has 0 spiro atoms. The Morgan fingerprint density at radius 3 is 2.63 bits per heavy atom. The lowest BCUT2D eigenvalue weighted by molar-refractivity contribution is 0.0904. The molecule has 0 saturated carbocycles. The number of pyridine rings is 1. The zero-order valence-corrected chi connectivity index (χ0v) is 12.8. The van der Waals surface area contributed by atoms with Crippen molar-refractivity contribution in [3.63, 3.8) is 0 Å². The maximum atomic E-state index is 12.2. The van der Waals surface area contributed by atoms with Crippen molar-refractivity contribution < 1.29 is 4.79 Å². The van der Waals surface area contributed by atoms with Crippen LogP contribution in [0.25, 0.3) is 0 Å². The molecule has 0 fully saturated rings. The van der Waals surface area contributed by atoms with Gasteiger partial charge in [0.1, 0.15) is 11.5 Å². The number of carbonyl (C=O) groups is 1. The van der Waals surface area contributed by atoms with Gasteiger partial charge in [-0.3, -0.25) is 4.79 Å². The number of nitrogens with zero attached hydrogens (tertiary/aromatic N) is 1. The Morgan fingerprint density at radius 1 is 1.37 bits per heavy atom. The van der Waals surface area contributed by atoms with Crippen LogP contribution in [0.1, 0.15) is 51.0 Å².